The van der Waals surface area contributed by atoms with E-state index in [2.05, 4.69) is 0 Å². The van der Waals surface area contributed by atoms with Crippen LogP contribution in [0, 0.1) is 10.1 Å². The minimum atomic E-state index is -0.604. The molecule has 1 N–H and O–H groups in total. The van der Waals surface area contributed by atoms with Gasteiger partial charge in [0, 0.05) is 38.0 Å². The molecule has 6 nitrogen and oxygen atoms in total. The number of hydrogen-bond donors (Lipinski definition) is 1. The van der Waals surface area contributed by atoms with Crippen LogP contribution in [-0.4, -0.2) is 36.3 Å². The first-order valence-corrected chi connectivity index (χ1v) is 4.87. The summed E-state index contributed by atoms with van der Waals surface area (Å²) in [4.78, 5) is 11.9. The minimum Gasteiger partial charge on any atom is -0.502 e. The van der Waals surface area contributed by atoms with Crippen molar-refractivity contribution in [3.63, 3.8) is 0 Å². The van der Waals surface area contributed by atoms with Crippen LogP contribution in [0.5, 0.6) is 5.75 Å². The van der Waals surface area contributed by atoms with E-state index in [-0.39, 0.29) is 17.5 Å². The van der Waals surface area contributed by atoms with Crippen LogP contribution in [0.15, 0.2) is 18.2 Å². The number of benzene rings is 1. The Hall–Kier alpha value is -1.82. The second-order valence-corrected chi connectivity index (χ2v) is 3.69. The Morgan fingerprint density at radius 3 is 2.75 bits per heavy atom. The molecule has 1 heterocycles. The number of phenolic OH excluding ortho intramolecular Hbond substituents is 1. The first-order chi connectivity index (χ1) is 7.61. The molecule has 6 heteroatoms. The number of nitro groups is 1. The number of aromatic hydroxyl groups is 1. The van der Waals surface area contributed by atoms with E-state index >= 15 is 0 Å². The Morgan fingerprint density at radius 2 is 2.25 bits per heavy atom. The summed E-state index contributed by atoms with van der Waals surface area (Å²) < 4.78 is 5.12. The second kappa shape index (κ2) is 3.97. The lowest BCUT2D eigenvalue weighted by atomic mass is 10.1. The summed E-state index contributed by atoms with van der Waals surface area (Å²) in [5.74, 6) is -0.302. The Balaban J connectivity index is 2.13. The molecule has 1 aromatic carbocycles. The molecule has 0 aromatic heterocycles. The van der Waals surface area contributed by atoms with Crippen molar-refractivity contribution in [2.24, 2.45) is 0 Å². The molecule has 1 fully saturated rings. The highest BCUT2D eigenvalue weighted by Gasteiger charge is 2.27. The summed E-state index contributed by atoms with van der Waals surface area (Å²) >= 11 is 0. The Labute approximate surface area is 92.2 Å². The van der Waals surface area contributed by atoms with Crippen molar-refractivity contribution < 1.29 is 14.8 Å². The highest BCUT2D eigenvalue weighted by Crippen LogP contribution is 2.32. The minimum absolute atomic E-state index is 0.206. The number of rotatable bonds is 3. The van der Waals surface area contributed by atoms with Gasteiger partial charge in [-0.3, -0.25) is 10.1 Å². The number of anilines is 1. The molecule has 86 valence electrons. The van der Waals surface area contributed by atoms with Gasteiger partial charge in [-0.1, -0.05) is 0 Å². The van der Waals surface area contributed by atoms with E-state index < -0.39 is 4.92 Å². The van der Waals surface area contributed by atoms with Gasteiger partial charge in [0.1, 0.15) is 0 Å². The molecule has 1 aliphatic rings. The van der Waals surface area contributed by atoms with Crippen molar-refractivity contribution in [2.75, 3.05) is 25.1 Å². The lowest BCUT2D eigenvalue weighted by Crippen LogP contribution is -2.51. The number of nitro benzene ring substituents is 1. The van der Waals surface area contributed by atoms with E-state index in [9.17, 15) is 15.2 Å². The molecule has 0 atom stereocenters. The molecule has 0 amide bonds. The van der Waals surface area contributed by atoms with Crippen LogP contribution in [-0.2, 0) is 4.74 Å². The molecule has 0 bridgehead atoms. The highest BCUT2D eigenvalue weighted by molar-refractivity contribution is 5.59. The quantitative estimate of drug-likeness (QED) is 0.615. The van der Waals surface area contributed by atoms with Crippen molar-refractivity contribution >= 4 is 11.4 Å². The van der Waals surface area contributed by atoms with Gasteiger partial charge in [0.05, 0.1) is 11.0 Å². The van der Waals surface area contributed by atoms with Crippen LogP contribution in [0.4, 0.5) is 11.4 Å². The first-order valence-electron chi connectivity index (χ1n) is 4.87. The average Bonchev–Trinajstić information content (AvgIpc) is 2.15. The topological polar surface area (TPSA) is 75.8 Å². The van der Waals surface area contributed by atoms with Crippen LogP contribution in [0.25, 0.3) is 0 Å². The van der Waals surface area contributed by atoms with Crippen LogP contribution >= 0.6 is 0 Å². The van der Waals surface area contributed by atoms with Gasteiger partial charge in [0.25, 0.3) is 0 Å². The molecule has 0 radical (unpaired) electrons. The third kappa shape index (κ3) is 1.79. The molecule has 0 unspecified atom stereocenters. The number of phenols is 1. The Bertz CT molecular complexity index is 415. The van der Waals surface area contributed by atoms with Gasteiger partial charge in [0.2, 0.25) is 0 Å². The fraction of sp³-hybridized carbons (Fsp3) is 0.400. The highest BCUT2D eigenvalue weighted by atomic mass is 16.6. The molecule has 0 spiro atoms. The van der Waals surface area contributed by atoms with Gasteiger partial charge in [-0.05, 0) is 6.07 Å². The second-order valence-electron chi connectivity index (χ2n) is 3.69. The molecule has 0 saturated carbocycles. The predicted octanol–water partition coefficient (Wildman–Crippen LogP) is 1.14. The summed E-state index contributed by atoms with van der Waals surface area (Å²) in [6.07, 6.45) is 0.206. The first kappa shape index (κ1) is 10.7. The monoisotopic (exact) mass is 224 g/mol. The molecule has 2 rings (SSSR count). The van der Waals surface area contributed by atoms with E-state index in [0.29, 0.717) is 0 Å². The fourth-order valence-electron chi connectivity index (χ4n) is 1.66. The standard InChI is InChI=1S/C10H12N2O4/c1-16-8-5-11(6-8)7-2-3-9(12(14)15)10(13)4-7/h2-4,8,13H,5-6H2,1H3. The lowest BCUT2D eigenvalue weighted by Gasteiger charge is -2.39. The van der Waals surface area contributed by atoms with Gasteiger partial charge in [0.15, 0.2) is 5.75 Å². The molecular weight excluding hydrogens is 212 g/mol. The zero-order valence-corrected chi connectivity index (χ0v) is 8.79. The molecule has 0 aliphatic carbocycles. The van der Waals surface area contributed by atoms with E-state index in [4.69, 9.17) is 4.74 Å². The van der Waals surface area contributed by atoms with Gasteiger partial charge in [-0.25, -0.2) is 0 Å². The van der Waals surface area contributed by atoms with Gasteiger partial charge in [-0.15, -0.1) is 0 Å². The molecule has 1 aromatic rings. The largest absolute Gasteiger partial charge is 0.502 e. The maximum Gasteiger partial charge on any atom is 0.310 e. The van der Waals surface area contributed by atoms with Crippen LogP contribution < -0.4 is 4.90 Å². The zero-order valence-electron chi connectivity index (χ0n) is 8.79. The maximum atomic E-state index is 10.5. The van der Waals surface area contributed by atoms with Crippen molar-refractivity contribution in [3.05, 3.63) is 28.3 Å². The summed E-state index contributed by atoms with van der Waals surface area (Å²) in [5, 5.41) is 20.0. The number of nitrogens with zero attached hydrogens (tertiary/aromatic N) is 2. The average molecular weight is 224 g/mol. The predicted molar refractivity (Wildman–Crippen MR) is 57.8 cm³/mol. The zero-order chi connectivity index (χ0) is 11.7. The van der Waals surface area contributed by atoms with Gasteiger partial charge < -0.3 is 14.7 Å². The van der Waals surface area contributed by atoms with E-state index in [1.54, 1.807) is 13.2 Å². The van der Waals surface area contributed by atoms with Crippen molar-refractivity contribution in [1.82, 2.24) is 0 Å². The van der Waals surface area contributed by atoms with Gasteiger partial charge >= 0.3 is 5.69 Å². The van der Waals surface area contributed by atoms with E-state index in [1.807, 2.05) is 4.90 Å². The molecule has 1 aliphatic heterocycles. The SMILES string of the molecule is COC1CN(c2ccc([N+](=O)[O-])c(O)c2)C1. The Kier molecular flexibility index (Phi) is 2.66. The van der Waals surface area contributed by atoms with Gasteiger partial charge in [-0.2, -0.15) is 0 Å². The smallest absolute Gasteiger partial charge is 0.310 e. The number of hydrogen-bond acceptors (Lipinski definition) is 5. The van der Waals surface area contributed by atoms with Crippen LogP contribution in [0.3, 0.4) is 0 Å². The normalized spacial score (nSPS) is 15.9. The summed E-state index contributed by atoms with van der Waals surface area (Å²) in [6.45, 7) is 1.49. The molecule has 1 saturated heterocycles. The summed E-state index contributed by atoms with van der Waals surface area (Å²) in [5.41, 5.74) is 0.504. The Morgan fingerprint density at radius 1 is 1.56 bits per heavy atom. The third-order valence-electron chi connectivity index (χ3n) is 2.70. The third-order valence-corrected chi connectivity index (χ3v) is 2.70. The summed E-state index contributed by atoms with van der Waals surface area (Å²) in [6, 6.07) is 4.35. The van der Waals surface area contributed by atoms with E-state index in [1.165, 1.54) is 12.1 Å². The molecular formula is C10H12N2O4. The van der Waals surface area contributed by atoms with Crippen molar-refractivity contribution in [2.45, 2.75) is 6.10 Å². The number of methoxy groups -OCH3 is 1. The van der Waals surface area contributed by atoms with Crippen molar-refractivity contribution in [1.29, 1.82) is 0 Å². The van der Waals surface area contributed by atoms with Crippen LogP contribution in [0.1, 0.15) is 0 Å². The molecule has 16 heavy (non-hydrogen) atoms. The number of ether oxygens (including phenoxy) is 1. The van der Waals surface area contributed by atoms with Crippen LogP contribution in [0.2, 0.25) is 0 Å². The fourth-order valence-corrected chi connectivity index (χ4v) is 1.66. The lowest BCUT2D eigenvalue weighted by molar-refractivity contribution is -0.385. The maximum absolute atomic E-state index is 10.5. The summed E-state index contributed by atoms with van der Waals surface area (Å²) in [7, 11) is 1.65. The van der Waals surface area contributed by atoms with E-state index in [0.717, 1.165) is 18.8 Å². The van der Waals surface area contributed by atoms with Crippen molar-refractivity contribution in [3.8, 4) is 5.75 Å².